The summed E-state index contributed by atoms with van der Waals surface area (Å²) in [5.41, 5.74) is 0. The zero-order valence-corrected chi connectivity index (χ0v) is 9.83. The first kappa shape index (κ1) is 14.4. The summed E-state index contributed by atoms with van der Waals surface area (Å²) in [6.07, 6.45) is 8.48. The van der Waals surface area contributed by atoms with E-state index >= 15 is 0 Å². The monoisotopic (exact) mass is 216 g/mol. The Labute approximate surface area is 92.8 Å². The van der Waals surface area contributed by atoms with Crippen molar-refractivity contribution in [3.8, 4) is 0 Å². The summed E-state index contributed by atoms with van der Waals surface area (Å²) in [6, 6.07) is 0. The summed E-state index contributed by atoms with van der Waals surface area (Å²) in [6.45, 7) is 4.11. The molecule has 0 amide bonds. The summed E-state index contributed by atoms with van der Waals surface area (Å²) in [7, 11) is 0. The van der Waals surface area contributed by atoms with Crippen LogP contribution < -0.4 is 0 Å². The molecule has 1 aliphatic rings. The number of unbranched alkanes of at least 4 members (excludes halogenated alkanes) is 3. The van der Waals surface area contributed by atoms with Crippen molar-refractivity contribution in [2.45, 2.75) is 58.3 Å². The molecule has 90 valence electrons. The van der Waals surface area contributed by atoms with Crippen LogP contribution in [0.2, 0.25) is 0 Å². The molecule has 1 saturated heterocycles. The molecule has 0 atom stereocenters. The van der Waals surface area contributed by atoms with Crippen molar-refractivity contribution in [1.82, 2.24) is 0 Å². The van der Waals surface area contributed by atoms with Crippen LogP contribution >= 0.6 is 0 Å². The second kappa shape index (κ2) is 11.5. The Bertz CT molecular complexity index is 130. The molecular weight excluding hydrogens is 192 g/mol. The van der Waals surface area contributed by atoms with Gasteiger partial charge in [0.25, 0.3) is 0 Å². The molecule has 1 fully saturated rings. The van der Waals surface area contributed by atoms with Gasteiger partial charge in [-0.2, -0.15) is 0 Å². The fraction of sp³-hybridized carbons (Fsp3) is 0.917. The van der Waals surface area contributed by atoms with Gasteiger partial charge in [0.05, 0.1) is 0 Å². The molecule has 1 aliphatic heterocycles. The second-order valence-corrected chi connectivity index (χ2v) is 3.88. The van der Waals surface area contributed by atoms with Crippen LogP contribution in [-0.4, -0.2) is 24.3 Å². The summed E-state index contributed by atoms with van der Waals surface area (Å²) in [5.74, 6) is -0.675. The first-order valence-electron chi connectivity index (χ1n) is 6.07. The number of carboxylic acids is 1. The molecule has 0 aromatic heterocycles. The van der Waals surface area contributed by atoms with Gasteiger partial charge in [-0.3, -0.25) is 4.79 Å². The summed E-state index contributed by atoms with van der Waals surface area (Å²) in [4.78, 5) is 9.96. The van der Waals surface area contributed by atoms with Crippen molar-refractivity contribution in [1.29, 1.82) is 0 Å². The normalized spacial score (nSPS) is 15.3. The van der Waals surface area contributed by atoms with Crippen molar-refractivity contribution < 1.29 is 14.6 Å². The van der Waals surface area contributed by atoms with E-state index in [4.69, 9.17) is 9.84 Å². The van der Waals surface area contributed by atoms with Crippen LogP contribution in [0, 0.1) is 0 Å². The Kier molecular flexibility index (Phi) is 11.1. The lowest BCUT2D eigenvalue weighted by Crippen LogP contribution is -2.03. The van der Waals surface area contributed by atoms with Crippen LogP contribution in [-0.2, 0) is 9.53 Å². The molecule has 15 heavy (non-hydrogen) atoms. The van der Waals surface area contributed by atoms with Gasteiger partial charge in [-0.15, -0.1) is 0 Å². The van der Waals surface area contributed by atoms with Crippen LogP contribution in [0.5, 0.6) is 0 Å². The molecule has 0 saturated carbocycles. The number of carboxylic acid groups (broad SMARTS) is 1. The zero-order chi connectivity index (χ0) is 11.4. The number of rotatable bonds is 5. The van der Waals surface area contributed by atoms with Gasteiger partial charge in [-0.1, -0.05) is 26.2 Å². The number of aliphatic carboxylic acids is 1. The second-order valence-electron chi connectivity index (χ2n) is 3.88. The first-order chi connectivity index (χ1) is 7.27. The first-order valence-corrected chi connectivity index (χ1v) is 6.07. The van der Waals surface area contributed by atoms with E-state index in [1.807, 2.05) is 0 Å². The summed E-state index contributed by atoms with van der Waals surface area (Å²) < 4.78 is 5.07. The van der Waals surface area contributed by atoms with Crippen molar-refractivity contribution in [2.24, 2.45) is 0 Å². The smallest absolute Gasteiger partial charge is 0.303 e. The molecule has 1 heterocycles. The van der Waals surface area contributed by atoms with Gasteiger partial charge in [0, 0.05) is 19.6 Å². The third kappa shape index (κ3) is 13.4. The Balaban J connectivity index is 0.000000280. The van der Waals surface area contributed by atoms with Crippen molar-refractivity contribution >= 4 is 5.97 Å². The number of hydrogen-bond donors (Lipinski definition) is 1. The van der Waals surface area contributed by atoms with E-state index in [9.17, 15) is 4.79 Å². The van der Waals surface area contributed by atoms with Gasteiger partial charge in [0.15, 0.2) is 0 Å². The summed E-state index contributed by atoms with van der Waals surface area (Å²) in [5, 5.41) is 8.21. The third-order valence-corrected chi connectivity index (χ3v) is 2.32. The zero-order valence-electron chi connectivity index (χ0n) is 9.83. The van der Waals surface area contributed by atoms with E-state index in [0.717, 1.165) is 32.5 Å². The predicted octanol–water partition coefficient (Wildman–Crippen LogP) is 3.23. The van der Waals surface area contributed by atoms with Gasteiger partial charge in [0.2, 0.25) is 0 Å². The Hall–Kier alpha value is -0.570. The quantitative estimate of drug-likeness (QED) is 0.718. The molecule has 0 unspecified atom stereocenters. The van der Waals surface area contributed by atoms with Gasteiger partial charge < -0.3 is 9.84 Å². The molecule has 0 aliphatic carbocycles. The van der Waals surface area contributed by atoms with E-state index in [0.29, 0.717) is 6.42 Å². The average Bonchev–Trinajstić information content (AvgIpc) is 2.28. The van der Waals surface area contributed by atoms with E-state index in [2.05, 4.69) is 6.92 Å². The average molecular weight is 216 g/mol. The molecule has 1 N–H and O–H groups in total. The van der Waals surface area contributed by atoms with Crippen LogP contribution in [0.3, 0.4) is 0 Å². The highest BCUT2D eigenvalue weighted by atomic mass is 16.5. The molecule has 0 radical (unpaired) electrons. The minimum Gasteiger partial charge on any atom is -0.481 e. The Morgan fingerprint density at radius 3 is 2.13 bits per heavy atom. The fourth-order valence-electron chi connectivity index (χ4n) is 1.39. The lowest BCUT2D eigenvalue weighted by atomic mass is 10.2. The predicted molar refractivity (Wildman–Crippen MR) is 61.1 cm³/mol. The Morgan fingerprint density at radius 1 is 1.13 bits per heavy atom. The number of carbonyl (C=O) groups is 1. The highest BCUT2D eigenvalue weighted by Crippen LogP contribution is 2.02. The fourth-order valence-corrected chi connectivity index (χ4v) is 1.39. The topological polar surface area (TPSA) is 46.5 Å². The van der Waals surface area contributed by atoms with Gasteiger partial charge in [-0.25, -0.2) is 0 Å². The third-order valence-electron chi connectivity index (χ3n) is 2.32. The largest absolute Gasteiger partial charge is 0.481 e. The molecule has 0 bridgehead atoms. The minimum atomic E-state index is -0.675. The van der Waals surface area contributed by atoms with Gasteiger partial charge >= 0.3 is 5.97 Å². The van der Waals surface area contributed by atoms with Crippen molar-refractivity contribution in [3.05, 3.63) is 0 Å². The highest BCUT2D eigenvalue weighted by molar-refractivity contribution is 5.66. The molecule has 0 aromatic carbocycles. The van der Waals surface area contributed by atoms with Crippen molar-refractivity contribution in [2.75, 3.05) is 13.2 Å². The molecule has 3 nitrogen and oxygen atoms in total. The SMILES string of the molecule is C1CCOCC1.CCCCCCC(=O)O. The maximum atomic E-state index is 9.96. The molecule has 0 spiro atoms. The maximum Gasteiger partial charge on any atom is 0.303 e. The number of hydrogen-bond acceptors (Lipinski definition) is 2. The maximum absolute atomic E-state index is 9.96. The highest BCUT2D eigenvalue weighted by Gasteiger charge is 1.95. The lowest BCUT2D eigenvalue weighted by Gasteiger charge is -2.08. The van der Waals surface area contributed by atoms with E-state index in [1.165, 1.54) is 25.7 Å². The summed E-state index contributed by atoms with van der Waals surface area (Å²) >= 11 is 0. The van der Waals surface area contributed by atoms with Gasteiger partial charge in [-0.05, 0) is 25.7 Å². The van der Waals surface area contributed by atoms with E-state index in [-0.39, 0.29) is 0 Å². The molecule has 1 rings (SSSR count). The Morgan fingerprint density at radius 2 is 1.80 bits per heavy atom. The molecule has 0 aromatic rings. The van der Waals surface area contributed by atoms with Crippen LogP contribution in [0.4, 0.5) is 0 Å². The molecule has 3 heteroatoms. The standard InChI is InChI=1S/C7H14O2.C5H10O/c1-2-3-4-5-6-7(8)9;1-2-4-6-5-3-1/h2-6H2,1H3,(H,8,9);1-5H2. The van der Waals surface area contributed by atoms with Gasteiger partial charge in [0.1, 0.15) is 0 Å². The van der Waals surface area contributed by atoms with Crippen LogP contribution in [0.15, 0.2) is 0 Å². The minimum absolute atomic E-state index is 0.333. The van der Waals surface area contributed by atoms with Crippen molar-refractivity contribution in [3.63, 3.8) is 0 Å². The number of ether oxygens (including phenoxy) is 1. The molecular formula is C12H24O3. The van der Waals surface area contributed by atoms with Crippen LogP contribution in [0.25, 0.3) is 0 Å². The van der Waals surface area contributed by atoms with Crippen LogP contribution in [0.1, 0.15) is 58.3 Å². The van der Waals surface area contributed by atoms with E-state index < -0.39 is 5.97 Å². The lowest BCUT2D eigenvalue weighted by molar-refractivity contribution is -0.137. The van der Waals surface area contributed by atoms with E-state index in [1.54, 1.807) is 0 Å².